The lowest BCUT2D eigenvalue weighted by Gasteiger charge is -2.47. The van der Waals surface area contributed by atoms with Crippen LogP contribution in [0.25, 0.3) is 0 Å². The molecule has 0 aromatic rings. The minimum Gasteiger partial charge on any atom is -0.481 e. The zero-order valence-electron chi connectivity index (χ0n) is 18.6. The number of nitrogens with one attached hydrogen (secondary N) is 2. The predicted molar refractivity (Wildman–Crippen MR) is 113 cm³/mol. The average molecular weight is 427 g/mol. The van der Waals surface area contributed by atoms with Crippen molar-refractivity contribution in [1.82, 2.24) is 10.6 Å². The molecule has 2 unspecified atom stereocenters. The number of carbonyl (C=O) groups excluding carboxylic acids is 3. The molecule has 8 heteroatoms. The zero-order chi connectivity index (χ0) is 22.6. The van der Waals surface area contributed by atoms with Gasteiger partial charge in [-0.05, 0) is 55.8 Å². The lowest BCUT2D eigenvalue weighted by Crippen LogP contribution is -2.50. The smallest absolute Gasteiger partial charge is 0.303 e. The molecule has 0 aromatic heterocycles. The third-order valence-electron chi connectivity index (χ3n) is 5.55. The van der Waals surface area contributed by atoms with Gasteiger partial charge in [0.25, 0.3) is 6.47 Å². The second-order valence-corrected chi connectivity index (χ2v) is 9.63. The number of hydrogen-bond donors (Lipinski definition) is 3. The SMILES string of the molecule is CC1(C)CC(NC(=O)CCCCC(=O)O)CC(C)(CNC(=O)CCCCOC=O)C1. The Morgan fingerprint density at radius 2 is 1.63 bits per heavy atom. The van der Waals surface area contributed by atoms with Gasteiger partial charge < -0.3 is 20.5 Å². The Balaban J connectivity index is 2.45. The highest BCUT2D eigenvalue weighted by molar-refractivity contribution is 5.76. The van der Waals surface area contributed by atoms with Crippen LogP contribution < -0.4 is 10.6 Å². The Morgan fingerprint density at radius 1 is 1.00 bits per heavy atom. The number of ether oxygens (including phenoxy) is 1. The second-order valence-electron chi connectivity index (χ2n) is 9.63. The molecule has 1 saturated carbocycles. The minimum atomic E-state index is -0.837. The molecule has 0 bridgehead atoms. The quantitative estimate of drug-likeness (QED) is 0.290. The van der Waals surface area contributed by atoms with Gasteiger partial charge in [-0.1, -0.05) is 20.8 Å². The summed E-state index contributed by atoms with van der Waals surface area (Å²) in [6.45, 7) is 7.83. The summed E-state index contributed by atoms with van der Waals surface area (Å²) in [4.78, 5) is 45.1. The Kier molecular flexibility index (Phi) is 10.8. The fourth-order valence-electron chi connectivity index (χ4n) is 4.65. The fraction of sp³-hybridized carbons (Fsp3) is 0.818. The molecule has 0 spiro atoms. The van der Waals surface area contributed by atoms with Gasteiger partial charge in [0.1, 0.15) is 0 Å². The van der Waals surface area contributed by atoms with Crippen LogP contribution in [0, 0.1) is 10.8 Å². The zero-order valence-corrected chi connectivity index (χ0v) is 18.6. The molecule has 30 heavy (non-hydrogen) atoms. The number of carbonyl (C=O) groups is 4. The third kappa shape index (κ3) is 11.2. The fourth-order valence-corrected chi connectivity index (χ4v) is 4.65. The topological polar surface area (TPSA) is 122 Å². The van der Waals surface area contributed by atoms with E-state index < -0.39 is 5.97 Å². The molecule has 2 atom stereocenters. The van der Waals surface area contributed by atoms with Gasteiger partial charge in [0.2, 0.25) is 11.8 Å². The first-order chi connectivity index (χ1) is 14.1. The Hall–Kier alpha value is -2.12. The Bertz CT molecular complexity index is 592. The average Bonchev–Trinajstić information content (AvgIpc) is 2.61. The van der Waals surface area contributed by atoms with Crippen LogP contribution >= 0.6 is 0 Å². The summed E-state index contributed by atoms with van der Waals surface area (Å²) in [5.41, 5.74) is -0.0650. The molecule has 0 radical (unpaired) electrons. The van der Waals surface area contributed by atoms with E-state index in [-0.39, 0.29) is 35.1 Å². The summed E-state index contributed by atoms with van der Waals surface area (Å²) in [7, 11) is 0. The van der Waals surface area contributed by atoms with Gasteiger partial charge in [0.15, 0.2) is 0 Å². The van der Waals surface area contributed by atoms with E-state index >= 15 is 0 Å². The van der Waals surface area contributed by atoms with Crippen LogP contribution in [0.15, 0.2) is 0 Å². The molecule has 1 rings (SSSR count). The van der Waals surface area contributed by atoms with Crippen molar-refractivity contribution >= 4 is 24.3 Å². The number of carboxylic acid groups (broad SMARTS) is 1. The van der Waals surface area contributed by atoms with E-state index in [0.29, 0.717) is 58.1 Å². The molecule has 8 nitrogen and oxygen atoms in total. The summed E-state index contributed by atoms with van der Waals surface area (Å²) in [6.07, 6.45) is 5.87. The predicted octanol–water partition coefficient (Wildman–Crippen LogP) is 2.79. The van der Waals surface area contributed by atoms with Crippen molar-refractivity contribution in [2.24, 2.45) is 10.8 Å². The summed E-state index contributed by atoms with van der Waals surface area (Å²) >= 11 is 0. The molecule has 0 heterocycles. The van der Waals surface area contributed by atoms with E-state index in [0.717, 1.165) is 19.3 Å². The van der Waals surface area contributed by atoms with E-state index in [9.17, 15) is 19.2 Å². The first-order valence-electron chi connectivity index (χ1n) is 10.9. The molecule has 1 fully saturated rings. The first kappa shape index (κ1) is 25.9. The molecule has 1 aliphatic rings. The molecular weight excluding hydrogens is 388 g/mol. The van der Waals surface area contributed by atoms with Crippen molar-refractivity contribution in [2.45, 2.75) is 91.0 Å². The molecule has 0 saturated heterocycles. The summed E-state index contributed by atoms with van der Waals surface area (Å²) in [6, 6.07) is 0.0446. The molecule has 0 aromatic carbocycles. The monoisotopic (exact) mass is 426 g/mol. The first-order valence-corrected chi connectivity index (χ1v) is 10.9. The second kappa shape index (κ2) is 12.5. The van der Waals surface area contributed by atoms with Crippen LogP contribution in [0.4, 0.5) is 0 Å². The van der Waals surface area contributed by atoms with Crippen LogP contribution in [-0.2, 0) is 23.9 Å². The normalized spacial score (nSPS) is 22.7. The van der Waals surface area contributed by atoms with Gasteiger partial charge in [-0.3, -0.25) is 19.2 Å². The third-order valence-corrected chi connectivity index (χ3v) is 5.55. The van der Waals surface area contributed by atoms with E-state index in [1.807, 2.05) is 0 Å². The highest BCUT2D eigenvalue weighted by atomic mass is 16.5. The standard InChI is InChI=1S/C22H38N2O6/c1-21(2)12-17(24-19(27)9-4-5-10-20(28)29)13-22(3,14-21)15-23-18(26)8-6-7-11-30-16-25/h16-17H,4-15H2,1-3H3,(H,23,26)(H,24,27)(H,28,29). The van der Waals surface area contributed by atoms with E-state index in [2.05, 4.69) is 36.1 Å². The van der Waals surface area contributed by atoms with Crippen LogP contribution in [0.2, 0.25) is 0 Å². The van der Waals surface area contributed by atoms with Crippen molar-refractivity contribution < 1.29 is 29.0 Å². The maximum Gasteiger partial charge on any atom is 0.303 e. The summed E-state index contributed by atoms with van der Waals surface area (Å²) in [5.74, 6) is -0.881. The number of amides is 2. The number of rotatable bonds is 14. The number of aliphatic carboxylic acids is 1. The van der Waals surface area contributed by atoms with Crippen LogP contribution in [0.5, 0.6) is 0 Å². The maximum atomic E-state index is 12.3. The number of unbranched alkanes of at least 4 members (excludes halogenated alkanes) is 2. The van der Waals surface area contributed by atoms with Gasteiger partial charge in [-0.15, -0.1) is 0 Å². The van der Waals surface area contributed by atoms with Gasteiger partial charge in [-0.2, -0.15) is 0 Å². The van der Waals surface area contributed by atoms with Crippen molar-refractivity contribution in [3.05, 3.63) is 0 Å². The molecule has 3 N–H and O–H groups in total. The summed E-state index contributed by atoms with van der Waals surface area (Å²) < 4.78 is 4.62. The van der Waals surface area contributed by atoms with Crippen LogP contribution in [0.1, 0.15) is 85.0 Å². The van der Waals surface area contributed by atoms with E-state index in [1.165, 1.54) is 0 Å². The van der Waals surface area contributed by atoms with Crippen molar-refractivity contribution in [2.75, 3.05) is 13.2 Å². The Morgan fingerprint density at radius 3 is 2.30 bits per heavy atom. The highest BCUT2D eigenvalue weighted by Crippen LogP contribution is 2.45. The van der Waals surface area contributed by atoms with Gasteiger partial charge in [0, 0.05) is 31.8 Å². The lowest BCUT2D eigenvalue weighted by molar-refractivity contribution is -0.137. The van der Waals surface area contributed by atoms with Crippen molar-refractivity contribution in [1.29, 1.82) is 0 Å². The highest BCUT2D eigenvalue weighted by Gasteiger charge is 2.41. The van der Waals surface area contributed by atoms with Crippen molar-refractivity contribution in [3.63, 3.8) is 0 Å². The molecule has 2 amide bonds. The molecular formula is C22H38N2O6. The van der Waals surface area contributed by atoms with Gasteiger partial charge in [0.05, 0.1) is 6.61 Å². The van der Waals surface area contributed by atoms with Crippen molar-refractivity contribution in [3.8, 4) is 0 Å². The maximum absolute atomic E-state index is 12.3. The largest absolute Gasteiger partial charge is 0.481 e. The van der Waals surface area contributed by atoms with Crippen LogP contribution in [-0.4, -0.2) is 48.6 Å². The Labute approximate surface area is 179 Å². The van der Waals surface area contributed by atoms with Gasteiger partial charge >= 0.3 is 5.97 Å². The summed E-state index contributed by atoms with van der Waals surface area (Å²) in [5, 5.41) is 14.8. The number of carboxylic acids is 1. The van der Waals surface area contributed by atoms with E-state index in [4.69, 9.17) is 5.11 Å². The lowest BCUT2D eigenvalue weighted by atomic mass is 9.62. The number of hydrogen-bond acceptors (Lipinski definition) is 5. The van der Waals surface area contributed by atoms with Gasteiger partial charge in [-0.25, -0.2) is 0 Å². The van der Waals surface area contributed by atoms with E-state index in [1.54, 1.807) is 0 Å². The minimum absolute atomic E-state index is 0.00952. The molecule has 1 aliphatic carbocycles. The molecule has 172 valence electrons. The molecule has 0 aliphatic heterocycles. The van der Waals surface area contributed by atoms with Crippen LogP contribution in [0.3, 0.4) is 0 Å².